The molecule has 4 aromatic rings. The molecular formula is C30H30N2O6S. The van der Waals surface area contributed by atoms with Crippen LogP contribution in [-0.2, 0) is 40.6 Å². The summed E-state index contributed by atoms with van der Waals surface area (Å²) in [7, 11) is -3.69. The Kier molecular flexibility index (Phi) is 7.81. The average molecular weight is 547 g/mol. The summed E-state index contributed by atoms with van der Waals surface area (Å²) in [4.78, 5) is 16.2. The molecule has 2 heterocycles. The van der Waals surface area contributed by atoms with E-state index in [-0.39, 0.29) is 17.9 Å². The number of carboxylic acids is 1. The number of hydrogen-bond acceptors (Lipinski definition) is 6. The van der Waals surface area contributed by atoms with E-state index < -0.39 is 16.0 Å². The molecule has 1 N–H and O–H groups in total. The van der Waals surface area contributed by atoms with E-state index in [0.29, 0.717) is 44.1 Å². The first kappa shape index (κ1) is 26.6. The first-order valence-corrected chi connectivity index (χ1v) is 14.3. The van der Waals surface area contributed by atoms with Crippen LogP contribution in [0.4, 0.5) is 0 Å². The quantitative estimate of drug-likeness (QED) is 0.297. The van der Waals surface area contributed by atoms with Crippen molar-refractivity contribution in [2.75, 3.05) is 13.2 Å². The first-order valence-electron chi connectivity index (χ1n) is 12.9. The molecule has 0 saturated heterocycles. The molecule has 0 atom stereocenters. The highest BCUT2D eigenvalue weighted by Gasteiger charge is 2.31. The Morgan fingerprint density at radius 3 is 2.44 bits per heavy atom. The van der Waals surface area contributed by atoms with Gasteiger partial charge in [0.05, 0.1) is 17.2 Å². The van der Waals surface area contributed by atoms with Crippen molar-refractivity contribution in [2.24, 2.45) is 0 Å². The molecule has 1 aliphatic heterocycles. The number of aryl methyl sites for hydroxylation is 2. The van der Waals surface area contributed by atoms with Crippen molar-refractivity contribution < 1.29 is 27.5 Å². The lowest BCUT2D eigenvalue weighted by Gasteiger charge is -2.31. The number of sulfonamides is 1. The van der Waals surface area contributed by atoms with E-state index >= 15 is 0 Å². The molecule has 0 unspecified atom stereocenters. The number of ether oxygens (including phenoxy) is 1. The van der Waals surface area contributed by atoms with Crippen LogP contribution in [0.3, 0.4) is 0 Å². The Morgan fingerprint density at radius 2 is 1.72 bits per heavy atom. The molecule has 0 radical (unpaired) electrons. The van der Waals surface area contributed by atoms with Crippen molar-refractivity contribution in [2.45, 2.75) is 44.0 Å². The van der Waals surface area contributed by atoms with E-state index in [9.17, 15) is 18.3 Å². The third-order valence-electron chi connectivity index (χ3n) is 6.93. The highest BCUT2D eigenvalue weighted by atomic mass is 32.2. The molecule has 5 rings (SSSR count). The zero-order valence-electron chi connectivity index (χ0n) is 21.7. The summed E-state index contributed by atoms with van der Waals surface area (Å²) in [5, 5.41) is 9.24. The van der Waals surface area contributed by atoms with E-state index in [4.69, 9.17) is 9.15 Å². The van der Waals surface area contributed by atoms with Crippen molar-refractivity contribution in [3.63, 3.8) is 0 Å². The van der Waals surface area contributed by atoms with Crippen LogP contribution in [0.15, 0.2) is 82.1 Å². The van der Waals surface area contributed by atoms with Gasteiger partial charge in [-0.1, -0.05) is 42.5 Å². The molecule has 0 aliphatic carbocycles. The average Bonchev–Trinajstić information content (AvgIpc) is 3.33. The molecule has 0 spiro atoms. The number of carboxylic acid groups (broad SMARTS) is 1. The zero-order chi connectivity index (χ0) is 27.4. The van der Waals surface area contributed by atoms with Crippen molar-refractivity contribution in [3.05, 3.63) is 101 Å². The van der Waals surface area contributed by atoms with Gasteiger partial charge in [-0.3, -0.25) is 4.79 Å². The fourth-order valence-electron chi connectivity index (χ4n) is 4.86. The molecule has 1 aromatic heterocycles. The molecule has 9 heteroatoms. The summed E-state index contributed by atoms with van der Waals surface area (Å²) < 4.78 is 40.1. The van der Waals surface area contributed by atoms with Gasteiger partial charge >= 0.3 is 5.97 Å². The van der Waals surface area contributed by atoms with Gasteiger partial charge in [-0.25, -0.2) is 13.4 Å². The molecule has 0 bridgehead atoms. The summed E-state index contributed by atoms with van der Waals surface area (Å²) in [5.41, 5.74) is 4.31. The Bertz CT molecular complexity index is 1570. The van der Waals surface area contributed by atoms with Crippen molar-refractivity contribution >= 4 is 16.0 Å². The van der Waals surface area contributed by atoms with E-state index in [1.165, 1.54) is 4.31 Å². The number of fused-ring (bicyclic) bond motifs is 1. The van der Waals surface area contributed by atoms with Gasteiger partial charge < -0.3 is 14.3 Å². The van der Waals surface area contributed by atoms with Crippen molar-refractivity contribution in [1.82, 2.24) is 9.29 Å². The SMILES string of the molecule is Cc1oc(-c2ccccc2)nc1CCOc1ccc(CCC(=O)O)c2c1CCN(S(=O)(=O)c1ccccc1)C2. The zero-order valence-corrected chi connectivity index (χ0v) is 22.5. The molecule has 202 valence electrons. The summed E-state index contributed by atoms with van der Waals surface area (Å²) >= 11 is 0. The normalized spacial score (nSPS) is 13.7. The lowest BCUT2D eigenvalue weighted by molar-refractivity contribution is -0.136. The monoisotopic (exact) mass is 546 g/mol. The molecule has 0 fully saturated rings. The van der Waals surface area contributed by atoms with Gasteiger partial charge in [0.25, 0.3) is 0 Å². The predicted molar refractivity (Wildman–Crippen MR) is 146 cm³/mol. The molecule has 0 amide bonds. The van der Waals surface area contributed by atoms with Gasteiger partial charge in [0.1, 0.15) is 11.5 Å². The van der Waals surface area contributed by atoms with E-state index in [1.54, 1.807) is 30.3 Å². The fourth-order valence-corrected chi connectivity index (χ4v) is 6.29. The van der Waals surface area contributed by atoms with Crippen LogP contribution < -0.4 is 4.74 Å². The number of oxazole rings is 1. The highest BCUT2D eigenvalue weighted by Crippen LogP contribution is 2.34. The number of aromatic nitrogens is 1. The van der Waals surface area contributed by atoms with Gasteiger partial charge in [0, 0.05) is 37.1 Å². The Labute approximate surface area is 227 Å². The maximum Gasteiger partial charge on any atom is 0.303 e. The van der Waals surface area contributed by atoms with Crippen LogP contribution in [0.1, 0.15) is 34.6 Å². The second-order valence-electron chi connectivity index (χ2n) is 9.46. The largest absolute Gasteiger partial charge is 0.493 e. The first-order chi connectivity index (χ1) is 18.8. The summed E-state index contributed by atoms with van der Waals surface area (Å²) in [6, 6.07) is 21.8. The van der Waals surface area contributed by atoms with E-state index in [1.807, 2.05) is 49.4 Å². The Morgan fingerprint density at radius 1 is 1.00 bits per heavy atom. The van der Waals surface area contributed by atoms with Gasteiger partial charge in [-0.2, -0.15) is 4.31 Å². The standard InChI is InChI=1S/C30H30N2O6S/c1-21-27(31-30(38-21)23-8-4-2-5-9-23)17-19-37-28-14-12-22(13-15-29(33)34)26-20-32(18-16-25(26)28)39(35,36)24-10-6-3-7-11-24/h2-12,14H,13,15-20H2,1H3,(H,33,34). The summed E-state index contributed by atoms with van der Waals surface area (Å²) in [5.74, 6) is 1.10. The minimum atomic E-state index is -3.69. The minimum absolute atomic E-state index is 0.0345. The number of aliphatic carboxylic acids is 1. The molecule has 39 heavy (non-hydrogen) atoms. The second kappa shape index (κ2) is 11.4. The molecular weight excluding hydrogens is 516 g/mol. The van der Waals surface area contributed by atoms with Gasteiger partial charge in [-0.05, 0) is 61.2 Å². The maximum absolute atomic E-state index is 13.3. The lowest BCUT2D eigenvalue weighted by atomic mass is 9.92. The number of rotatable bonds is 10. The van der Waals surface area contributed by atoms with Crippen molar-refractivity contribution in [3.8, 4) is 17.2 Å². The Hall–Kier alpha value is -3.95. The number of nitrogens with zero attached hydrogens (tertiary/aromatic N) is 2. The number of benzene rings is 3. The van der Waals surface area contributed by atoms with Crippen LogP contribution in [0, 0.1) is 6.92 Å². The minimum Gasteiger partial charge on any atom is -0.493 e. The molecule has 0 saturated carbocycles. The second-order valence-corrected chi connectivity index (χ2v) is 11.4. The molecule has 1 aliphatic rings. The van der Waals surface area contributed by atoms with Crippen molar-refractivity contribution in [1.29, 1.82) is 0 Å². The topological polar surface area (TPSA) is 110 Å². The summed E-state index contributed by atoms with van der Waals surface area (Å²) in [6.07, 6.45) is 1.30. The van der Waals surface area contributed by atoms with Crippen LogP contribution in [0.5, 0.6) is 5.75 Å². The fraction of sp³-hybridized carbons (Fsp3) is 0.267. The molecule has 3 aromatic carbocycles. The van der Waals surface area contributed by atoms with Crippen LogP contribution in [0.2, 0.25) is 0 Å². The smallest absolute Gasteiger partial charge is 0.303 e. The third kappa shape index (κ3) is 5.89. The summed E-state index contributed by atoms with van der Waals surface area (Å²) in [6.45, 7) is 2.73. The van der Waals surface area contributed by atoms with Crippen LogP contribution >= 0.6 is 0 Å². The maximum atomic E-state index is 13.3. The van der Waals surface area contributed by atoms with Crippen LogP contribution in [0.25, 0.3) is 11.5 Å². The van der Waals surface area contributed by atoms with Gasteiger partial charge in [0.2, 0.25) is 15.9 Å². The third-order valence-corrected chi connectivity index (χ3v) is 8.79. The molecule has 8 nitrogen and oxygen atoms in total. The highest BCUT2D eigenvalue weighted by molar-refractivity contribution is 7.89. The number of carbonyl (C=O) groups is 1. The van der Waals surface area contributed by atoms with Gasteiger partial charge in [-0.15, -0.1) is 0 Å². The van der Waals surface area contributed by atoms with Gasteiger partial charge in [0.15, 0.2) is 0 Å². The predicted octanol–water partition coefficient (Wildman–Crippen LogP) is 5.04. The van der Waals surface area contributed by atoms with E-state index in [0.717, 1.165) is 33.7 Å². The number of hydrogen-bond donors (Lipinski definition) is 1. The van der Waals surface area contributed by atoms with Crippen LogP contribution in [-0.4, -0.2) is 41.9 Å². The van der Waals surface area contributed by atoms with E-state index in [2.05, 4.69) is 4.98 Å². The Balaban J connectivity index is 1.35. The lowest BCUT2D eigenvalue weighted by Crippen LogP contribution is -2.36.